The van der Waals surface area contributed by atoms with Crippen LogP contribution in [0.4, 0.5) is 24.5 Å². The number of thiocarbonyl (C=S) groups is 1. The van der Waals surface area contributed by atoms with Crippen molar-refractivity contribution in [2.45, 2.75) is 32.5 Å². The highest BCUT2D eigenvalue weighted by Crippen LogP contribution is 2.30. The van der Waals surface area contributed by atoms with Crippen LogP contribution < -0.4 is 15.5 Å². The number of halogens is 3. The SMILES string of the molecule is C[C@H]1CCCN(c2ccc(CNC(=S)Nc3cccc(C(F)(F)F)c3)cc2)C1. The molecule has 1 saturated heterocycles. The smallest absolute Gasteiger partial charge is 0.371 e. The molecule has 0 aromatic heterocycles. The van der Waals surface area contributed by atoms with Crippen molar-refractivity contribution in [3.63, 3.8) is 0 Å². The lowest BCUT2D eigenvalue weighted by Gasteiger charge is -2.32. The van der Waals surface area contributed by atoms with Gasteiger partial charge in [0.05, 0.1) is 5.56 Å². The number of alkyl halides is 3. The first-order valence-corrected chi connectivity index (χ1v) is 9.78. The third-order valence-electron chi connectivity index (χ3n) is 4.86. The Bertz CT molecular complexity index is 805. The van der Waals surface area contributed by atoms with Gasteiger partial charge >= 0.3 is 6.18 Å². The van der Waals surface area contributed by atoms with E-state index in [1.54, 1.807) is 6.07 Å². The van der Waals surface area contributed by atoms with E-state index in [1.807, 2.05) is 0 Å². The highest BCUT2D eigenvalue weighted by Gasteiger charge is 2.30. The molecule has 1 aliphatic heterocycles. The molecule has 0 radical (unpaired) electrons. The largest absolute Gasteiger partial charge is 0.416 e. The van der Waals surface area contributed by atoms with Crippen LogP contribution in [0.2, 0.25) is 0 Å². The predicted octanol–water partition coefficient (Wildman–Crippen LogP) is 5.43. The van der Waals surface area contributed by atoms with Gasteiger partial charge in [0.1, 0.15) is 0 Å². The number of benzene rings is 2. The van der Waals surface area contributed by atoms with Crippen LogP contribution in [0.3, 0.4) is 0 Å². The van der Waals surface area contributed by atoms with Gasteiger partial charge in [0.15, 0.2) is 5.11 Å². The number of hydrogen-bond donors (Lipinski definition) is 2. The summed E-state index contributed by atoms with van der Waals surface area (Å²) in [5, 5.41) is 6.13. The molecule has 1 fully saturated rings. The molecule has 1 aliphatic rings. The van der Waals surface area contributed by atoms with Crippen molar-refractivity contribution in [1.82, 2.24) is 5.32 Å². The maximum Gasteiger partial charge on any atom is 0.416 e. The summed E-state index contributed by atoms with van der Waals surface area (Å²) < 4.78 is 38.4. The van der Waals surface area contributed by atoms with Crippen LogP contribution in [0.15, 0.2) is 48.5 Å². The van der Waals surface area contributed by atoms with Gasteiger partial charge in [0.2, 0.25) is 0 Å². The van der Waals surface area contributed by atoms with E-state index in [1.165, 1.54) is 24.6 Å². The molecule has 1 atom stereocenters. The Hall–Kier alpha value is -2.28. The van der Waals surface area contributed by atoms with Crippen molar-refractivity contribution >= 4 is 28.7 Å². The summed E-state index contributed by atoms with van der Waals surface area (Å²) in [5.41, 5.74) is 1.88. The molecular weight excluding hydrogens is 383 g/mol. The average Bonchev–Trinajstić information content (AvgIpc) is 2.66. The quantitative estimate of drug-likeness (QED) is 0.661. The van der Waals surface area contributed by atoms with Crippen molar-refractivity contribution < 1.29 is 13.2 Å². The normalized spacial score (nSPS) is 17.3. The molecule has 0 bridgehead atoms. The van der Waals surface area contributed by atoms with Crippen molar-refractivity contribution in [1.29, 1.82) is 0 Å². The highest BCUT2D eigenvalue weighted by molar-refractivity contribution is 7.80. The molecule has 2 aromatic carbocycles. The summed E-state index contributed by atoms with van der Waals surface area (Å²) in [4.78, 5) is 2.41. The van der Waals surface area contributed by atoms with Gasteiger partial charge in [-0.15, -0.1) is 0 Å². The number of hydrogen-bond acceptors (Lipinski definition) is 2. The number of nitrogens with one attached hydrogen (secondary N) is 2. The van der Waals surface area contributed by atoms with E-state index in [4.69, 9.17) is 12.2 Å². The lowest BCUT2D eigenvalue weighted by atomic mass is 9.99. The lowest BCUT2D eigenvalue weighted by molar-refractivity contribution is -0.137. The monoisotopic (exact) mass is 407 g/mol. The molecule has 0 spiro atoms. The van der Waals surface area contributed by atoms with Gasteiger partial charge in [-0.25, -0.2) is 0 Å². The van der Waals surface area contributed by atoms with Gasteiger partial charge in [-0.3, -0.25) is 0 Å². The van der Waals surface area contributed by atoms with Gasteiger partial charge in [0.25, 0.3) is 0 Å². The molecule has 1 heterocycles. The molecule has 2 N–H and O–H groups in total. The Morgan fingerprint density at radius 2 is 1.93 bits per heavy atom. The number of rotatable bonds is 4. The molecule has 0 aliphatic carbocycles. The van der Waals surface area contributed by atoms with E-state index in [2.05, 4.69) is 46.7 Å². The van der Waals surface area contributed by atoms with Gasteiger partial charge in [0, 0.05) is 31.0 Å². The number of nitrogens with zero attached hydrogens (tertiary/aromatic N) is 1. The van der Waals surface area contributed by atoms with Crippen LogP contribution in [-0.4, -0.2) is 18.2 Å². The van der Waals surface area contributed by atoms with Gasteiger partial charge < -0.3 is 15.5 Å². The Morgan fingerprint density at radius 1 is 1.18 bits per heavy atom. The Labute approximate surface area is 168 Å². The summed E-state index contributed by atoms with van der Waals surface area (Å²) in [6.07, 6.45) is -1.87. The van der Waals surface area contributed by atoms with E-state index < -0.39 is 11.7 Å². The molecule has 0 unspecified atom stereocenters. The van der Waals surface area contributed by atoms with Crippen LogP contribution in [0.1, 0.15) is 30.9 Å². The zero-order valence-electron chi connectivity index (χ0n) is 15.7. The molecule has 3 rings (SSSR count). The molecule has 150 valence electrons. The van der Waals surface area contributed by atoms with Crippen LogP contribution >= 0.6 is 12.2 Å². The second-order valence-corrected chi connectivity index (χ2v) is 7.65. The topological polar surface area (TPSA) is 27.3 Å². The summed E-state index contributed by atoms with van der Waals surface area (Å²) in [7, 11) is 0. The molecule has 7 heteroatoms. The van der Waals surface area contributed by atoms with E-state index in [9.17, 15) is 13.2 Å². The van der Waals surface area contributed by atoms with E-state index in [0.29, 0.717) is 12.2 Å². The Kier molecular flexibility index (Phi) is 6.44. The van der Waals surface area contributed by atoms with Crippen molar-refractivity contribution in [3.05, 3.63) is 59.7 Å². The van der Waals surface area contributed by atoms with E-state index >= 15 is 0 Å². The highest BCUT2D eigenvalue weighted by atomic mass is 32.1. The average molecular weight is 408 g/mol. The predicted molar refractivity (Wildman–Crippen MR) is 112 cm³/mol. The fourth-order valence-corrected chi connectivity index (χ4v) is 3.57. The third-order valence-corrected chi connectivity index (χ3v) is 5.11. The molecule has 0 saturated carbocycles. The van der Waals surface area contributed by atoms with Crippen molar-refractivity contribution in [2.75, 3.05) is 23.3 Å². The third kappa shape index (κ3) is 5.61. The van der Waals surface area contributed by atoms with Crippen molar-refractivity contribution in [2.24, 2.45) is 5.92 Å². The molecular formula is C21H24F3N3S. The molecule has 28 heavy (non-hydrogen) atoms. The first-order valence-electron chi connectivity index (χ1n) is 9.37. The fourth-order valence-electron chi connectivity index (χ4n) is 3.38. The first-order chi connectivity index (χ1) is 13.3. The van der Waals surface area contributed by atoms with Crippen molar-refractivity contribution in [3.8, 4) is 0 Å². The first kappa shape index (κ1) is 20.5. The minimum absolute atomic E-state index is 0.285. The summed E-state index contributed by atoms with van der Waals surface area (Å²) in [6.45, 7) is 4.96. The number of piperidine rings is 1. The number of anilines is 2. The summed E-state index contributed by atoms with van der Waals surface area (Å²) >= 11 is 5.20. The van der Waals surface area contributed by atoms with Gasteiger partial charge in [-0.1, -0.05) is 25.1 Å². The summed E-state index contributed by atoms with van der Waals surface area (Å²) in [5.74, 6) is 0.717. The minimum atomic E-state index is -4.37. The second kappa shape index (κ2) is 8.82. The Morgan fingerprint density at radius 3 is 2.61 bits per heavy atom. The maximum absolute atomic E-state index is 12.8. The van der Waals surface area contributed by atoms with E-state index in [0.717, 1.165) is 36.7 Å². The molecule has 2 aromatic rings. The van der Waals surface area contributed by atoms with Crippen LogP contribution in [-0.2, 0) is 12.7 Å². The standard InChI is InChI=1S/C21H24F3N3S/c1-15-4-3-11-27(14-15)19-9-7-16(8-10-19)13-25-20(28)26-18-6-2-5-17(12-18)21(22,23)24/h2,5-10,12,15H,3-4,11,13-14H2,1H3,(H2,25,26,28)/t15-/m0/s1. The lowest BCUT2D eigenvalue weighted by Crippen LogP contribution is -2.34. The van der Waals surface area contributed by atoms with Gasteiger partial charge in [-0.05, 0) is 66.9 Å². The maximum atomic E-state index is 12.8. The van der Waals surface area contributed by atoms with Gasteiger partial charge in [-0.2, -0.15) is 13.2 Å². The summed E-state index contributed by atoms with van der Waals surface area (Å²) in [6, 6.07) is 13.3. The second-order valence-electron chi connectivity index (χ2n) is 7.25. The van der Waals surface area contributed by atoms with Crippen LogP contribution in [0.5, 0.6) is 0 Å². The zero-order valence-corrected chi connectivity index (χ0v) is 16.5. The Balaban J connectivity index is 1.52. The molecule has 0 amide bonds. The van der Waals surface area contributed by atoms with Crippen LogP contribution in [0.25, 0.3) is 0 Å². The van der Waals surface area contributed by atoms with Crippen LogP contribution in [0, 0.1) is 5.92 Å². The molecule has 3 nitrogen and oxygen atoms in total. The zero-order chi connectivity index (χ0) is 20.1. The fraction of sp³-hybridized carbons (Fsp3) is 0.381. The van der Waals surface area contributed by atoms with E-state index in [-0.39, 0.29) is 5.11 Å². The minimum Gasteiger partial charge on any atom is -0.371 e.